The van der Waals surface area contributed by atoms with Gasteiger partial charge in [-0.15, -0.1) is 0 Å². The van der Waals surface area contributed by atoms with E-state index in [9.17, 15) is 5.26 Å². The molecule has 0 amide bonds. The molecule has 0 unspecified atom stereocenters. The largest absolute Gasteiger partial charge is 0.384 e. The Labute approximate surface area is 119 Å². The highest BCUT2D eigenvalue weighted by Gasteiger charge is 2.26. The molecule has 1 atom stereocenters. The van der Waals surface area contributed by atoms with E-state index in [2.05, 4.69) is 29.7 Å². The average Bonchev–Trinajstić information content (AvgIpc) is 2.79. The Bertz CT molecular complexity index is 662. The number of nitrogen functional groups attached to an aromatic ring is 1. The minimum absolute atomic E-state index is 0.171. The van der Waals surface area contributed by atoms with Crippen LogP contribution in [0, 0.1) is 11.3 Å². The van der Waals surface area contributed by atoms with Crippen LogP contribution in [-0.4, -0.2) is 4.57 Å². The van der Waals surface area contributed by atoms with Crippen LogP contribution in [0.15, 0.2) is 30.3 Å². The van der Waals surface area contributed by atoms with Gasteiger partial charge in [0.05, 0.1) is 11.6 Å². The fraction of sp³-hybridized carbons (Fsp3) is 0.353. The molecular weight excluding hydrogens is 246 g/mol. The van der Waals surface area contributed by atoms with Gasteiger partial charge in [-0.05, 0) is 43.7 Å². The molecule has 1 aliphatic carbocycles. The third-order valence-electron chi connectivity index (χ3n) is 4.33. The maximum atomic E-state index is 9.40. The lowest BCUT2D eigenvalue weighted by atomic mass is 9.95. The summed E-state index contributed by atoms with van der Waals surface area (Å²) >= 11 is 0. The van der Waals surface area contributed by atoms with Crippen LogP contribution in [-0.2, 0) is 12.8 Å². The van der Waals surface area contributed by atoms with Gasteiger partial charge in [-0.2, -0.15) is 5.26 Å². The minimum Gasteiger partial charge on any atom is -0.384 e. The van der Waals surface area contributed by atoms with E-state index in [1.165, 1.54) is 23.2 Å². The van der Waals surface area contributed by atoms with Gasteiger partial charge < -0.3 is 10.3 Å². The topological polar surface area (TPSA) is 54.7 Å². The van der Waals surface area contributed by atoms with Crippen molar-refractivity contribution in [2.45, 2.75) is 38.6 Å². The first kappa shape index (κ1) is 12.8. The van der Waals surface area contributed by atoms with Gasteiger partial charge >= 0.3 is 0 Å². The summed E-state index contributed by atoms with van der Waals surface area (Å²) in [5.41, 5.74) is 10.6. The van der Waals surface area contributed by atoms with Crippen molar-refractivity contribution >= 4 is 5.82 Å². The van der Waals surface area contributed by atoms with Gasteiger partial charge in [0.1, 0.15) is 11.9 Å². The highest BCUT2D eigenvalue weighted by Crippen LogP contribution is 2.35. The fourth-order valence-electron chi connectivity index (χ4n) is 3.29. The number of benzene rings is 1. The molecule has 3 nitrogen and oxygen atoms in total. The van der Waals surface area contributed by atoms with Crippen molar-refractivity contribution in [3.63, 3.8) is 0 Å². The molecule has 0 radical (unpaired) electrons. The monoisotopic (exact) mass is 265 g/mol. The molecule has 0 saturated heterocycles. The smallest absolute Gasteiger partial charge is 0.122 e. The summed E-state index contributed by atoms with van der Waals surface area (Å²) in [6.45, 7) is 2.15. The molecule has 3 heteroatoms. The molecule has 0 saturated carbocycles. The zero-order chi connectivity index (χ0) is 14.1. The van der Waals surface area contributed by atoms with E-state index in [-0.39, 0.29) is 6.04 Å². The highest BCUT2D eigenvalue weighted by atomic mass is 15.1. The van der Waals surface area contributed by atoms with E-state index in [1.54, 1.807) is 0 Å². The van der Waals surface area contributed by atoms with Crippen molar-refractivity contribution in [1.29, 1.82) is 5.26 Å². The average molecular weight is 265 g/mol. The highest BCUT2D eigenvalue weighted by molar-refractivity contribution is 5.60. The molecular formula is C17H19N3. The normalized spacial score (nSPS) is 15.4. The van der Waals surface area contributed by atoms with Crippen molar-refractivity contribution in [3.8, 4) is 6.07 Å². The van der Waals surface area contributed by atoms with Gasteiger partial charge in [0, 0.05) is 5.69 Å². The van der Waals surface area contributed by atoms with Crippen molar-refractivity contribution in [2.24, 2.45) is 0 Å². The van der Waals surface area contributed by atoms with E-state index in [0.29, 0.717) is 11.4 Å². The number of aromatic nitrogens is 1. The summed E-state index contributed by atoms with van der Waals surface area (Å²) in [6, 6.07) is 12.8. The van der Waals surface area contributed by atoms with E-state index >= 15 is 0 Å². The summed E-state index contributed by atoms with van der Waals surface area (Å²) < 4.78 is 2.17. The van der Waals surface area contributed by atoms with Crippen LogP contribution >= 0.6 is 0 Å². The number of rotatable bonds is 2. The first-order valence-electron chi connectivity index (χ1n) is 7.20. The second-order valence-electron chi connectivity index (χ2n) is 5.46. The Hall–Kier alpha value is -2.21. The number of anilines is 1. The summed E-state index contributed by atoms with van der Waals surface area (Å²) in [7, 11) is 0. The molecule has 1 aromatic heterocycles. The van der Waals surface area contributed by atoms with Crippen molar-refractivity contribution in [1.82, 2.24) is 4.57 Å². The lowest BCUT2D eigenvalue weighted by Gasteiger charge is -2.22. The van der Waals surface area contributed by atoms with Gasteiger partial charge in [-0.25, -0.2) is 0 Å². The molecule has 0 bridgehead atoms. The summed E-state index contributed by atoms with van der Waals surface area (Å²) in [4.78, 5) is 0. The summed E-state index contributed by atoms with van der Waals surface area (Å²) in [5, 5.41) is 9.40. The van der Waals surface area contributed by atoms with E-state index in [0.717, 1.165) is 19.3 Å². The molecule has 20 heavy (non-hydrogen) atoms. The van der Waals surface area contributed by atoms with Crippen LogP contribution in [0.5, 0.6) is 0 Å². The first-order chi connectivity index (χ1) is 9.74. The molecule has 1 aliphatic rings. The minimum atomic E-state index is 0.171. The number of hydrogen-bond donors (Lipinski definition) is 1. The van der Waals surface area contributed by atoms with Crippen LogP contribution in [0.2, 0.25) is 0 Å². The van der Waals surface area contributed by atoms with Gasteiger partial charge in [-0.1, -0.05) is 30.3 Å². The van der Waals surface area contributed by atoms with Crippen molar-refractivity contribution in [3.05, 3.63) is 52.7 Å². The summed E-state index contributed by atoms with van der Waals surface area (Å²) in [5.74, 6) is 0.635. The predicted molar refractivity (Wildman–Crippen MR) is 80.5 cm³/mol. The molecule has 3 rings (SSSR count). The van der Waals surface area contributed by atoms with Gasteiger partial charge in [0.15, 0.2) is 0 Å². The maximum Gasteiger partial charge on any atom is 0.122 e. The summed E-state index contributed by atoms with van der Waals surface area (Å²) in [6.07, 6.45) is 4.35. The van der Waals surface area contributed by atoms with Gasteiger partial charge in [-0.3, -0.25) is 0 Å². The molecule has 0 fully saturated rings. The Morgan fingerprint density at radius 1 is 1.20 bits per heavy atom. The Morgan fingerprint density at radius 2 is 1.90 bits per heavy atom. The van der Waals surface area contributed by atoms with E-state index < -0.39 is 0 Å². The van der Waals surface area contributed by atoms with Gasteiger partial charge in [0.25, 0.3) is 0 Å². The number of hydrogen-bond acceptors (Lipinski definition) is 2. The zero-order valence-electron chi connectivity index (χ0n) is 11.8. The second kappa shape index (κ2) is 5.05. The molecule has 0 aliphatic heterocycles. The zero-order valence-corrected chi connectivity index (χ0v) is 11.8. The number of nitrogens with zero attached hydrogens (tertiary/aromatic N) is 2. The third kappa shape index (κ3) is 1.89. The van der Waals surface area contributed by atoms with Crippen LogP contribution in [0.3, 0.4) is 0 Å². The van der Waals surface area contributed by atoms with Crippen LogP contribution in [0.25, 0.3) is 0 Å². The lowest BCUT2D eigenvalue weighted by molar-refractivity contribution is 0.577. The predicted octanol–water partition coefficient (Wildman–Crippen LogP) is 3.43. The Morgan fingerprint density at radius 3 is 2.60 bits per heavy atom. The molecule has 2 N–H and O–H groups in total. The number of nitrogens with two attached hydrogens (primary N) is 1. The Balaban J connectivity index is 2.15. The number of nitriles is 1. The quantitative estimate of drug-likeness (QED) is 0.904. The molecule has 1 aromatic carbocycles. The SMILES string of the molecule is C[C@@H](c1ccccc1)n1c(N)c(C#N)c2c1CCCC2. The molecule has 1 heterocycles. The first-order valence-corrected chi connectivity index (χ1v) is 7.20. The van der Waals surface area contributed by atoms with Crippen molar-refractivity contribution in [2.75, 3.05) is 5.73 Å². The van der Waals surface area contributed by atoms with Crippen LogP contribution in [0.1, 0.15) is 48.2 Å². The molecule has 102 valence electrons. The standard InChI is InChI=1S/C17H19N3/c1-12(13-7-3-2-4-8-13)20-16-10-6-5-9-14(16)15(11-18)17(20)19/h2-4,7-8,12H,5-6,9-10,19H2,1H3/t12-/m0/s1. The van der Waals surface area contributed by atoms with Crippen molar-refractivity contribution < 1.29 is 0 Å². The van der Waals surface area contributed by atoms with E-state index in [1.807, 2.05) is 18.2 Å². The molecule has 0 spiro atoms. The maximum absolute atomic E-state index is 9.40. The second-order valence-corrected chi connectivity index (χ2v) is 5.46. The van der Waals surface area contributed by atoms with Crippen LogP contribution < -0.4 is 5.73 Å². The lowest BCUT2D eigenvalue weighted by Crippen LogP contribution is -2.15. The van der Waals surface area contributed by atoms with Gasteiger partial charge in [0.2, 0.25) is 0 Å². The third-order valence-corrected chi connectivity index (χ3v) is 4.33. The van der Waals surface area contributed by atoms with E-state index in [4.69, 9.17) is 5.73 Å². The Kier molecular flexibility index (Phi) is 3.23. The van der Waals surface area contributed by atoms with Crippen LogP contribution in [0.4, 0.5) is 5.82 Å². The fourth-order valence-corrected chi connectivity index (χ4v) is 3.29. The molecule has 2 aromatic rings. The number of fused-ring (bicyclic) bond motifs is 1.